The monoisotopic (exact) mass is 624 g/mol. The number of carbonyl (C=O) groups is 2. The number of H-pyrrole nitrogens is 1. The smallest absolute Gasteiger partial charge is 0.416 e. The van der Waals surface area contributed by atoms with Gasteiger partial charge in [-0.2, -0.15) is 18.0 Å². The lowest BCUT2D eigenvalue weighted by Gasteiger charge is -2.12. The third kappa shape index (κ3) is 7.09. The molecule has 1 aliphatic rings. The van der Waals surface area contributed by atoms with Gasteiger partial charge in [0.1, 0.15) is 23.9 Å². The summed E-state index contributed by atoms with van der Waals surface area (Å²) in [5, 5.41) is 19.4. The Balaban J connectivity index is 1.03. The van der Waals surface area contributed by atoms with Gasteiger partial charge in [-0.05, 0) is 72.7 Å². The summed E-state index contributed by atoms with van der Waals surface area (Å²) in [7, 11) is 0. The molecule has 3 heterocycles. The number of nitrogens with one attached hydrogen (secondary N) is 4. The van der Waals surface area contributed by atoms with Gasteiger partial charge in [0.05, 0.1) is 22.3 Å². The topological polar surface area (TPSA) is 155 Å². The first kappa shape index (κ1) is 29.3. The summed E-state index contributed by atoms with van der Waals surface area (Å²) in [4.78, 5) is 35.4. The van der Waals surface area contributed by atoms with Crippen molar-refractivity contribution in [3.63, 3.8) is 0 Å². The number of halogens is 4. The van der Waals surface area contributed by atoms with Crippen LogP contribution in [0.15, 0.2) is 60.7 Å². The molecule has 17 heteroatoms. The number of ether oxygens (including phenoxy) is 1. The van der Waals surface area contributed by atoms with Crippen LogP contribution in [-0.2, 0) is 17.5 Å². The van der Waals surface area contributed by atoms with E-state index in [0.717, 1.165) is 25.9 Å². The Bertz CT molecular complexity index is 1850. The summed E-state index contributed by atoms with van der Waals surface area (Å²) >= 11 is 0. The van der Waals surface area contributed by atoms with Crippen molar-refractivity contribution in [2.24, 2.45) is 0 Å². The Morgan fingerprint density at radius 3 is 2.44 bits per heavy atom. The van der Waals surface area contributed by atoms with Crippen LogP contribution in [0, 0.1) is 5.82 Å². The van der Waals surface area contributed by atoms with Gasteiger partial charge < -0.3 is 25.3 Å². The molecule has 0 radical (unpaired) electrons. The fourth-order valence-electron chi connectivity index (χ4n) is 4.58. The van der Waals surface area contributed by atoms with Crippen LogP contribution in [-0.4, -0.2) is 55.2 Å². The number of anilines is 4. The molecule has 0 saturated carbocycles. The highest BCUT2D eigenvalue weighted by Gasteiger charge is 2.31. The van der Waals surface area contributed by atoms with E-state index in [1.165, 1.54) is 16.9 Å². The van der Waals surface area contributed by atoms with E-state index in [1.807, 2.05) is 4.90 Å². The number of hydrogen-bond donors (Lipinski definition) is 4. The third-order valence-electron chi connectivity index (χ3n) is 6.72. The summed E-state index contributed by atoms with van der Waals surface area (Å²) in [6, 6.07) is 12.0. The number of tetrazole rings is 1. The van der Waals surface area contributed by atoms with Crippen LogP contribution in [0.5, 0.6) is 11.5 Å². The summed E-state index contributed by atoms with van der Waals surface area (Å²) in [5.41, 5.74) is -0.254. The molecule has 2 aromatic heterocycles. The number of benzene rings is 3. The molecule has 1 fully saturated rings. The van der Waals surface area contributed by atoms with Crippen molar-refractivity contribution in [2.75, 3.05) is 33.9 Å². The highest BCUT2D eigenvalue weighted by molar-refractivity contribution is 6.00. The minimum absolute atomic E-state index is 0.138. The largest absolute Gasteiger partial charge is 0.457 e. The molecule has 1 saturated heterocycles. The summed E-state index contributed by atoms with van der Waals surface area (Å²) in [5.74, 6) is 0.179. The van der Waals surface area contributed by atoms with Gasteiger partial charge in [0, 0.05) is 24.8 Å². The van der Waals surface area contributed by atoms with Gasteiger partial charge in [0.2, 0.25) is 11.9 Å². The maximum absolute atomic E-state index is 13.9. The number of aromatic amines is 1. The van der Waals surface area contributed by atoms with Crippen LogP contribution >= 0.6 is 0 Å². The Kier molecular flexibility index (Phi) is 7.89. The zero-order valence-electron chi connectivity index (χ0n) is 23.2. The molecule has 3 aromatic carbocycles. The predicted molar refractivity (Wildman–Crippen MR) is 155 cm³/mol. The lowest BCUT2D eigenvalue weighted by molar-refractivity contribution is -0.137. The van der Waals surface area contributed by atoms with Gasteiger partial charge in [-0.25, -0.2) is 14.2 Å². The highest BCUT2D eigenvalue weighted by Crippen LogP contribution is 2.32. The Morgan fingerprint density at radius 2 is 1.69 bits per heavy atom. The molecule has 5 aromatic rings. The minimum atomic E-state index is -4.69. The Morgan fingerprint density at radius 1 is 0.933 bits per heavy atom. The number of nitrogens with zero attached hydrogens (tertiary/aromatic N) is 6. The number of urea groups is 1. The fourth-order valence-corrected chi connectivity index (χ4v) is 4.58. The second-order valence-electron chi connectivity index (χ2n) is 10.0. The molecule has 1 aliphatic heterocycles. The van der Waals surface area contributed by atoms with E-state index in [2.05, 4.69) is 41.3 Å². The van der Waals surface area contributed by atoms with Crippen molar-refractivity contribution < 1.29 is 31.9 Å². The maximum Gasteiger partial charge on any atom is 0.416 e. The van der Waals surface area contributed by atoms with Crippen LogP contribution in [0.1, 0.15) is 18.4 Å². The van der Waals surface area contributed by atoms with Crippen molar-refractivity contribution in [3.8, 4) is 11.5 Å². The summed E-state index contributed by atoms with van der Waals surface area (Å²) < 4.78 is 58.6. The van der Waals surface area contributed by atoms with Crippen LogP contribution in [0.25, 0.3) is 11.0 Å². The zero-order chi connectivity index (χ0) is 31.6. The van der Waals surface area contributed by atoms with Gasteiger partial charge in [-0.1, -0.05) is 5.10 Å². The summed E-state index contributed by atoms with van der Waals surface area (Å²) in [6.45, 7) is 1.59. The second kappa shape index (κ2) is 12.1. The van der Waals surface area contributed by atoms with E-state index in [1.54, 1.807) is 30.3 Å². The molecule has 6 rings (SSSR count). The number of fused-ring (bicyclic) bond motifs is 1. The highest BCUT2D eigenvalue weighted by atomic mass is 19.4. The lowest BCUT2D eigenvalue weighted by atomic mass is 10.2. The molecule has 0 spiro atoms. The molecule has 4 N–H and O–H groups in total. The predicted octanol–water partition coefficient (Wildman–Crippen LogP) is 5.38. The molecule has 0 unspecified atom stereocenters. The molecular formula is C28H24F4N10O3. The molecule has 0 aliphatic carbocycles. The van der Waals surface area contributed by atoms with Crippen molar-refractivity contribution in [2.45, 2.75) is 25.6 Å². The van der Waals surface area contributed by atoms with E-state index in [9.17, 15) is 27.2 Å². The zero-order valence-corrected chi connectivity index (χ0v) is 23.2. The van der Waals surface area contributed by atoms with E-state index in [-0.39, 0.29) is 18.2 Å². The fraction of sp³-hybridized carbons (Fsp3) is 0.214. The third-order valence-corrected chi connectivity index (χ3v) is 6.72. The van der Waals surface area contributed by atoms with Crippen LogP contribution in [0.3, 0.4) is 0 Å². The van der Waals surface area contributed by atoms with Crippen LogP contribution in [0.2, 0.25) is 0 Å². The van der Waals surface area contributed by atoms with E-state index >= 15 is 0 Å². The van der Waals surface area contributed by atoms with Crippen molar-refractivity contribution >= 4 is 46.2 Å². The number of carbonyl (C=O) groups excluding carboxylic acids is 2. The molecule has 0 bridgehead atoms. The number of aromatic nitrogens is 6. The average Bonchev–Trinajstić information content (AvgIpc) is 3.76. The van der Waals surface area contributed by atoms with Crippen molar-refractivity contribution in [1.29, 1.82) is 0 Å². The van der Waals surface area contributed by atoms with Gasteiger partial charge in [0.15, 0.2) is 0 Å². The quantitative estimate of drug-likeness (QED) is 0.168. The van der Waals surface area contributed by atoms with E-state index in [0.29, 0.717) is 46.7 Å². The Labute approximate surface area is 251 Å². The maximum atomic E-state index is 13.9. The first-order valence-corrected chi connectivity index (χ1v) is 13.6. The number of rotatable bonds is 8. The normalized spacial score (nSPS) is 13.2. The molecule has 3 amide bonds. The van der Waals surface area contributed by atoms with Gasteiger partial charge in [-0.3, -0.25) is 10.1 Å². The SMILES string of the molecule is O=C(Cn1nnc(N2CCCC2)n1)Nc1nc2ccc(Oc3ccc(NC(=O)Nc4cc(C(F)(F)F)ccc4F)cc3)cc2[nH]1. The van der Waals surface area contributed by atoms with Crippen molar-refractivity contribution in [3.05, 3.63) is 72.0 Å². The molecular weight excluding hydrogens is 600 g/mol. The second-order valence-corrected chi connectivity index (χ2v) is 10.0. The average molecular weight is 625 g/mol. The Hall–Kier alpha value is -5.74. The lowest BCUT2D eigenvalue weighted by Crippen LogP contribution is -2.22. The van der Waals surface area contributed by atoms with E-state index < -0.39 is 35.2 Å². The molecule has 232 valence electrons. The number of amides is 3. The first-order chi connectivity index (χ1) is 21.6. The summed E-state index contributed by atoms with van der Waals surface area (Å²) in [6.07, 6.45) is -2.55. The number of imidazole rings is 1. The van der Waals surface area contributed by atoms with Gasteiger partial charge in [0.25, 0.3) is 5.95 Å². The van der Waals surface area contributed by atoms with Crippen LogP contribution in [0.4, 0.5) is 45.6 Å². The first-order valence-electron chi connectivity index (χ1n) is 13.6. The molecule has 13 nitrogen and oxygen atoms in total. The molecule has 0 atom stereocenters. The van der Waals surface area contributed by atoms with Crippen LogP contribution < -0.4 is 25.6 Å². The standard InChI is InChI=1S/C28H24F4N10O3/c29-20-9-3-16(28(30,31)32)13-22(20)36-27(44)33-17-4-6-18(7-5-17)45-19-8-10-21-23(14-19)35-25(34-21)37-24(43)15-42-39-26(38-40-42)41-11-1-2-12-41/h3-10,13-14H,1-2,11-12,15H2,(H2,33,36,44)(H2,34,35,37,43). The minimum Gasteiger partial charge on any atom is -0.457 e. The number of hydrogen-bond acceptors (Lipinski definition) is 8. The van der Waals surface area contributed by atoms with E-state index in [4.69, 9.17) is 4.74 Å². The van der Waals surface area contributed by atoms with Gasteiger partial charge in [-0.15, -0.1) is 5.10 Å². The van der Waals surface area contributed by atoms with Crippen molar-refractivity contribution in [1.82, 2.24) is 30.2 Å². The number of alkyl halides is 3. The van der Waals surface area contributed by atoms with Gasteiger partial charge >= 0.3 is 12.2 Å². The molecule has 45 heavy (non-hydrogen) atoms.